The summed E-state index contributed by atoms with van der Waals surface area (Å²) in [6, 6.07) is 62.1. The Balaban J connectivity index is 1.22. The van der Waals surface area contributed by atoms with Crippen LogP contribution < -0.4 is 0 Å². The van der Waals surface area contributed by atoms with E-state index in [1.165, 1.54) is 87.2 Å². The largest absolute Gasteiger partial charge is 0.237 e. The molecule has 0 saturated carbocycles. The van der Waals surface area contributed by atoms with Crippen LogP contribution in [0.2, 0.25) is 0 Å². The van der Waals surface area contributed by atoms with Gasteiger partial charge in [0.05, 0.1) is 0 Å². The molecule has 0 aliphatic carbocycles. The molecule has 0 spiro atoms. The Hall–Kier alpha value is -6.90. The highest BCUT2D eigenvalue weighted by atomic mass is 14.9. The normalized spacial score (nSPS) is 11.8. The number of rotatable bonds is 4. The first-order valence-corrected chi connectivity index (χ1v) is 17.8. The molecule has 0 amide bonds. The van der Waals surface area contributed by atoms with Crippen LogP contribution in [0.25, 0.3) is 109 Å². The highest BCUT2D eigenvalue weighted by molar-refractivity contribution is 6.27. The van der Waals surface area contributed by atoms with Crippen LogP contribution in [0.1, 0.15) is 0 Å². The van der Waals surface area contributed by atoms with Crippen LogP contribution in [0.15, 0.2) is 182 Å². The van der Waals surface area contributed by atoms with Crippen molar-refractivity contribution in [3.05, 3.63) is 182 Å². The predicted molar refractivity (Wildman–Crippen MR) is 220 cm³/mol. The predicted octanol–water partition coefficient (Wildman–Crippen LogP) is 13.5. The van der Waals surface area contributed by atoms with Gasteiger partial charge in [-0.15, -0.1) is 0 Å². The quantitative estimate of drug-likeness (QED) is 0.139. The van der Waals surface area contributed by atoms with E-state index in [-0.39, 0.29) is 0 Å². The summed E-state index contributed by atoms with van der Waals surface area (Å²) in [6.07, 6.45) is 3.67. The summed E-state index contributed by atoms with van der Waals surface area (Å²) in [5, 5.41) is 14.9. The summed E-state index contributed by atoms with van der Waals surface area (Å²) in [7, 11) is 0. The third kappa shape index (κ3) is 4.25. The van der Waals surface area contributed by atoms with Gasteiger partial charge in [-0.25, -0.2) is 9.97 Å². The van der Waals surface area contributed by atoms with Gasteiger partial charge < -0.3 is 0 Å². The van der Waals surface area contributed by atoms with Crippen LogP contribution in [-0.2, 0) is 0 Å². The molecule has 2 heteroatoms. The molecule has 1 aromatic heterocycles. The van der Waals surface area contributed by atoms with Crippen molar-refractivity contribution in [2.45, 2.75) is 0 Å². The molecule has 0 N–H and O–H groups in total. The SMILES string of the molecule is c1ccc(-c2ccc3c(-c4cccc5c(-c6ccc7ccc8cccc9ccc6c7c89)cccc45)c4ccccc4c(-c4ncccn4)c3c2)cc1. The first-order chi connectivity index (χ1) is 25.8. The Morgan fingerprint density at radius 2 is 0.846 bits per heavy atom. The fourth-order valence-electron chi connectivity index (χ4n) is 8.68. The molecule has 2 nitrogen and oxygen atoms in total. The zero-order chi connectivity index (χ0) is 34.2. The Morgan fingerprint density at radius 3 is 1.63 bits per heavy atom. The van der Waals surface area contributed by atoms with E-state index in [1.807, 2.05) is 18.5 Å². The average molecular weight is 659 g/mol. The molecular weight excluding hydrogens is 629 g/mol. The van der Waals surface area contributed by atoms with E-state index in [2.05, 4.69) is 164 Å². The second kappa shape index (κ2) is 11.3. The van der Waals surface area contributed by atoms with Crippen molar-refractivity contribution >= 4 is 64.6 Å². The minimum absolute atomic E-state index is 0.731. The van der Waals surface area contributed by atoms with E-state index < -0.39 is 0 Å². The number of fused-ring (bicyclic) bond motifs is 3. The standard InChI is InChI=1S/C50H30N2/c1-2-10-31(11-3-1)35-24-27-44-45(30-35)49(50-51-28-9-29-52-50)42-15-5-4-14-41(42)48(44)40-19-8-17-36-37(16-7-18-38(36)40)39-25-22-34-21-20-32-12-6-13-33-23-26-43(39)47(34)46(32)33/h1-30H. The number of hydrogen-bond donors (Lipinski definition) is 0. The Bertz CT molecular complexity index is 3150. The highest BCUT2D eigenvalue weighted by Crippen LogP contribution is 2.47. The molecule has 11 rings (SSSR count). The summed E-state index contributed by atoms with van der Waals surface area (Å²) in [5.41, 5.74) is 8.35. The average Bonchev–Trinajstić information content (AvgIpc) is 3.22. The minimum atomic E-state index is 0.731. The maximum absolute atomic E-state index is 4.79. The van der Waals surface area contributed by atoms with Gasteiger partial charge in [-0.05, 0) is 110 Å². The maximum atomic E-state index is 4.79. The van der Waals surface area contributed by atoms with Crippen LogP contribution in [0, 0.1) is 0 Å². The van der Waals surface area contributed by atoms with Gasteiger partial charge in [-0.1, -0.05) is 158 Å². The summed E-state index contributed by atoms with van der Waals surface area (Å²) >= 11 is 0. The van der Waals surface area contributed by atoms with E-state index in [9.17, 15) is 0 Å². The van der Waals surface area contributed by atoms with Crippen molar-refractivity contribution < 1.29 is 0 Å². The first-order valence-electron chi connectivity index (χ1n) is 17.8. The lowest BCUT2D eigenvalue weighted by Gasteiger charge is -2.20. The van der Waals surface area contributed by atoms with Crippen molar-refractivity contribution in [3.63, 3.8) is 0 Å². The molecule has 11 aromatic rings. The molecular formula is C50H30N2. The van der Waals surface area contributed by atoms with E-state index >= 15 is 0 Å². The molecule has 0 unspecified atom stereocenters. The van der Waals surface area contributed by atoms with E-state index in [0.29, 0.717) is 0 Å². The second-order valence-corrected chi connectivity index (χ2v) is 13.7. The maximum Gasteiger partial charge on any atom is 0.160 e. The van der Waals surface area contributed by atoms with Gasteiger partial charge in [0.25, 0.3) is 0 Å². The Labute approximate surface area is 300 Å². The zero-order valence-electron chi connectivity index (χ0n) is 28.2. The fourth-order valence-corrected chi connectivity index (χ4v) is 8.68. The van der Waals surface area contributed by atoms with Crippen molar-refractivity contribution in [2.24, 2.45) is 0 Å². The summed E-state index contributed by atoms with van der Waals surface area (Å²) in [5.74, 6) is 0.731. The van der Waals surface area contributed by atoms with Crippen LogP contribution in [-0.4, -0.2) is 9.97 Å². The minimum Gasteiger partial charge on any atom is -0.237 e. The molecule has 0 fully saturated rings. The molecule has 10 aromatic carbocycles. The Kier molecular flexibility index (Phi) is 6.28. The van der Waals surface area contributed by atoms with Crippen molar-refractivity contribution in [3.8, 4) is 44.8 Å². The Morgan fingerprint density at radius 1 is 0.288 bits per heavy atom. The van der Waals surface area contributed by atoms with Crippen molar-refractivity contribution in [1.29, 1.82) is 0 Å². The highest BCUT2D eigenvalue weighted by Gasteiger charge is 2.21. The third-order valence-corrected chi connectivity index (χ3v) is 10.9. The summed E-state index contributed by atoms with van der Waals surface area (Å²) < 4.78 is 0. The van der Waals surface area contributed by atoms with Crippen molar-refractivity contribution in [2.75, 3.05) is 0 Å². The van der Waals surface area contributed by atoms with Gasteiger partial charge >= 0.3 is 0 Å². The van der Waals surface area contributed by atoms with Crippen LogP contribution in [0.4, 0.5) is 0 Å². The first kappa shape index (κ1) is 28.9. The van der Waals surface area contributed by atoms with Crippen LogP contribution in [0.5, 0.6) is 0 Å². The smallest absolute Gasteiger partial charge is 0.160 e. The number of nitrogens with zero attached hydrogens (tertiary/aromatic N) is 2. The van der Waals surface area contributed by atoms with Gasteiger partial charge in [0.2, 0.25) is 0 Å². The second-order valence-electron chi connectivity index (χ2n) is 13.7. The monoisotopic (exact) mass is 658 g/mol. The van der Waals surface area contributed by atoms with Crippen molar-refractivity contribution in [1.82, 2.24) is 9.97 Å². The number of aromatic nitrogens is 2. The molecule has 0 atom stereocenters. The molecule has 0 aliphatic rings. The molecule has 240 valence electrons. The molecule has 0 radical (unpaired) electrons. The molecule has 52 heavy (non-hydrogen) atoms. The van der Waals surface area contributed by atoms with Gasteiger partial charge in [-0.3, -0.25) is 0 Å². The lowest BCUT2D eigenvalue weighted by Crippen LogP contribution is -1.95. The lowest BCUT2D eigenvalue weighted by molar-refractivity contribution is 1.18. The van der Waals surface area contributed by atoms with Gasteiger partial charge in [0.1, 0.15) is 0 Å². The topological polar surface area (TPSA) is 25.8 Å². The van der Waals surface area contributed by atoms with Crippen LogP contribution in [0.3, 0.4) is 0 Å². The van der Waals surface area contributed by atoms with Gasteiger partial charge in [0, 0.05) is 18.0 Å². The molecule has 0 aliphatic heterocycles. The number of benzene rings is 10. The molecule has 1 heterocycles. The summed E-state index contributed by atoms with van der Waals surface area (Å²) in [4.78, 5) is 9.59. The van der Waals surface area contributed by atoms with Gasteiger partial charge in [-0.2, -0.15) is 0 Å². The summed E-state index contributed by atoms with van der Waals surface area (Å²) in [6.45, 7) is 0. The third-order valence-electron chi connectivity index (χ3n) is 10.9. The molecule has 0 saturated heterocycles. The van der Waals surface area contributed by atoms with Crippen LogP contribution >= 0.6 is 0 Å². The zero-order valence-corrected chi connectivity index (χ0v) is 28.2. The lowest BCUT2D eigenvalue weighted by atomic mass is 9.84. The molecule has 0 bridgehead atoms. The number of hydrogen-bond acceptors (Lipinski definition) is 2. The fraction of sp³-hybridized carbons (Fsp3) is 0. The van der Waals surface area contributed by atoms with E-state index in [4.69, 9.17) is 9.97 Å². The van der Waals surface area contributed by atoms with E-state index in [0.717, 1.165) is 22.2 Å². The van der Waals surface area contributed by atoms with E-state index in [1.54, 1.807) is 0 Å². The van der Waals surface area contributed by atoms with Gasteiger partial charge in [0.15, 0.2) is 5.82 Å².